The molecule has 0 atom stereocenters. The maximum atomic E-state index is 5.49. The highest BCUT2D eigenvalue weighted by Crippen LogP contribution is 2.40. The van der Waals surface area contributed by atoms with Crippen LogP contribution in [0.5, 0.6) is 0 Å². The molecule has 2 N–H and O–H groups in total. The number of hydrogen-bond acceptors (Lipinski definition) is 1. The van der Waals surface area contributed by atoms with Gasteiger partial charge in [-0.05, 0) is 49.3 Å². The molecule has 13 heavy (non-hydrogen) atoms. The molecule has 0 heterocycles. The van der Waals surface area contributed by atoms with E-state index in [1.54, 1.807) is 0 Å². The van der Waals surface area contributed by atoms with Gasteiger partial charge in [0.05, 0.1) is 0 Å². The van der Waals surface area contributed by atoms with E-state index >= 15 is 0 Å². The Morgan fingerprint density at radius 3 is 2.85 bits per heavy atom. The van der Waals surface area contributed by atoms with Crippen molar-refractivity contribution in [2.45, 2.75) is 31.6 Å². The normalized spacial score (nSPS) is 16.1. The lowest BCUT2D eigenvalue weighted by atomic mass is 10.0. The Bertz CT molecular complexity index is 276. The van der Waals surface area contributed by atoms with Crippen molar-refractivity contribution < 1.29 is 0 Å². The first kappa shape index (κ1) is 8.76. The van der Waals surface area contributed by atoms with Crippen LogP contribution in [0.4, 0.5) is 0 Å². The summed E-state index contributed by atoms with van der Waals surface area (Å²) >= 11 is 0. The second-order valence-corrected chi connectivity index (χ2v) is 3.91. The van der Waals surface area contributed by atoms with Crippen LogP contribution < -0.4 is 5.73 Å². The van der Waals surface area contributed by atoms with Gasteiger partial charge in [0, 0.05) is 0 Å². The van der Waals surface area contributed by atoms with Crippen LogP contribution in [0.2, 0.25) is 0 Å². The van der Waals surface area contributed by atoms with Crippen LogP contribution in [-0.2, 0) is 6.42 Å². The standard InChI is InChI=1S/C12H17N/c13-8-2-4-10-3-1-5-12(9-10)11-6-7-11/h1,3,5,9,11H,2,4,6-8,13H2. The molecular formula is C12H17N. The molecular weight excluding hydrogens is 158 g/mol. The van der Waals surface area contributed by atoms with Crippen molar-refractivity contribution in [3.63, 3.8) is 0 Å². The Hall–Kier alpha value is -0.820. The maximum Gasteiger partial charge on any atom is -0.00741 e. The average Bonchev–Trinajstić information content (AvgIpc) is 2.98. The molecule has 1 heteroatoms. The van der Waals surface area contributed by atoms with Crippen molar-refractivity contribution in [1.29, 1.82) is 0 Å². The van der Waals surface area contributed by atoms with E-state index in [1.165, 1.54) is 24.0 Å². The van der Waals surface area contributed by atoms with E-state index in [0.717, 1.165) is 25.3 Å². The summed E-state index contributed by atoms with van der Waals surface area (Å²) in [6.07, 6.45) is 5.02. The molecule has 0 saturated heterocycles. The van der Waals surface area contributed by atoms with Crippen molar-refractivity contribution in [2.24, 2.45) is 5.73 Å². The van der Waals surface area contributed by atoms with Gasteiger partial charge in [0.1, 0.15) is 0 Å². The Labute approximate surface area is 80.0 Å². The first-order chi connectivity index (χ1) is 6.40. The summed E-state index contributed by atoms with van der Waals surface area (Å²) in [5.41, 5.74) is 8.48. The zero-order chi connectivity index (χ0) is 9.10. The second kappa shape index (κ2) is 3.93. The van der Waals surface area contributed by atoms with E-state index in [1.807, 2.05) is 0 Å². The van der Waals surface area contributed by atoms with Gasteiger partial charge in [-0.25, -0.2) is 0 Å². The average molecular weight is 175 g/mol. The Balaban J connectivity index is 2.03. The molecule has 1 nitrogen and oxygen atoms in total. The molecule has 1 aliphatic carbocycles. The van der Waals surface area contributed by atoms with Crippen LogP contribution in [0, 0.1) is 0 Å². The van der Waals surface area contributed by atoms with E-state index in [4.69, 9.17) is 5.73 Å². The lowest BCUT2D eigenvalue weighted by Crippen LogP contribution is -2.00. The van der Waals surface area contributed by atoms with Gasteiger partial charge in [-0.1, -0.05) is 24.3 Å². The van der Waals surface area contributed by atoms with Gasteiger partial charge >= 0.3 is 0 Å². The summed E-state index contributed by atoms with van der Waals surface area (Å²) in [6, 6.07) is 9.00. The fourth-order valence-electron chi connectivity index (χ4n) is 1.73. The topological polar surface area (TPSA) is 26.0 Å². The summed E-state index contributed by atoms with van der Waals surface area (Å²) < 4.78 is 0. The van der Waals surface area contributed by atoms with E-state index < -0.39 is 0 Å². The van der Waals surface area contributed by atoms with Gasteiger partial charge in [-0.15, -0.1) is 0 Å². The molecule has 1 aromatic rings. The van der Waals surface area contributed by atoms with Gasteiger partial charge in [0.25, 0.3) is 0 Å². The highest BCUT2D eigenvalue weighted by Gasteiger charge is 2.23. The number of aryl methyl sites for hydroxylation is 1. The molecule has 0 bridgehead atoms. The molecule has 0 spiro atoms. The molecule has 1 aromatic carbocycles. The Morgan fingerprint density at radius 1 is 1.31 bits per heavy atom. The van der Waals surface area contributed by atoms with Gasteiger partial charge in [0.2, 0.25) is 0 Å². The van der Waals surface area contributed by atoms with Crippen LogP contribution in [0.3, 0.4) is 0 Å². The van der Waals surface area contributed by atoms with Gasteiger partial charge in [-0.2, -0.15) is 0 Å². The molecule has 0 aliphatic heterocycles. The van der Waals surface area contributed by atoms with Crippen LogP contribution in [-0.4, -0.2) is 6.54 Å². The quantitative estimate of drug-likeness (QED) is 0.747. The third-order valence-electron chi connectivity index (χ3n) is 2.67. The highest BCUT2D eigenvalue weighted by atomic mass is 14.5. The lowest BCUT2D eigenvalue weighted by Gasteiger charge is -2.02. The maximum absolute atomic E-state index is 5.49. The molecule has 1 saturated carbocycles. The first-order valence-corrected chi connectivity index (χ1v) is 5.19. The summed E-state index contributed by atoms with van der Waals surface area (Å²) in [6.45, 7) is 0.799. The third kappa shape index (κ3) is 2.31. The van der Waals surface area contributed by atoms with Crippen LogP contribution in [0.15, 0.2) is 24.3 Å². The van der Waals surface area contributed by atoms with Crippen molar-refractivity contribution in [3.8, 4) is 0 Å². The minimum Gasteiger partial charge on any atom is -0.330 e. The number of benzene rings is 1. The summed E-state index contributed by atoms with van der Waals surface area (Å²) in [7, 11) is 0. The zero-order valence-corrected chi connectivity index (χ0v) is 8.00. The van der Waals surface area contributed by atoms with Crippen LogP contribution >= 0.6 is 0 Å². The molecule has 0 amide bonds. The Morgan fingerprint density at radius 2 is 2.15 bits per heavy atom. The number of nitrogens with two attached hydrogens (primary N) is 1. The smallest absolute Gasteiger partial charge is 0.00741 e. The SMILES string of the molecule is NCCCc1cccc(C2CC2)c1. The molecule has 0 aromatic heterocycles. The highest BCUT2D eigenvalue weighted by molar-refractivity contribution is 5.29. The minimum absolute atomic E-state index is 0.799. The number of rotatable bonds is 4. The molecule has 1 aliphatic rings. The molecule has 0 radical (unpaired) electrons. The van der Waals surface area contributed by atoms with E-state index in [9.17, 15) is 0 Å². The summed E-state index contributed by atoms with van der Waals surface area (Å²) in [5, 5.41) is 0. The number of hydrogen-bond donors (Lipinski definition) is 1. The zero-order valence-electron chi connectivity index (χ0n) is 8.00. The third-order valence-corrected chi connectivity index (χ3v) is 2.67. The minimum atomic E-state index is 0.799. The van der Waals surface area contributed by atoms with Gasteiger partial charge in [0.15, 0.2) is 0 Å². The molecule has 70 valence electrons. The van der Waals surface area contributed by atoms with E-state index in [2.05, 4.69) is 24.3 Å². The molecule has 2 rings (SSSR count). The van der Waals surface area contributed by atoms with E-state index in [0.29, 0.717) is 0 Å². The Kier molecular flexibility index (Phi) is 2.65. The van der Waals surface area contributed by atoms with Gasteiger partial charge in [-0.3, -0.25) is 0 Å². The lowest BCUT2D eigenvalue weighted by molar-refractivity contribution is 0.831. The second-order valence-electron chi connectivity index (χ2n) is 3.91. The summed E-state index contributed by atoms with van der Waals surface area (Å²) in [5.74, 6) is 0.873. The first-order valence-electron chi connectivity index (χ1n) is 5.19. The van der Waals surface area contributed by atoms with Crippen molar-refractivity contribution >= 4 is 0 Å². The van der Waals surface area contributed by atoms with Crippen molar-refractivity contribution in [3.05, 3.63) is 35.4 Å². The van der Waals surface area contributed by atoms with Crippen molar-refractivity contribution in [1.82, 2.24) is 0 Å². The molecule has 0 unspecified atom stereocenters. The fourth-order valence-corrected chi connectivity index (χ4v) is 1.73. The molecule has 1 fully saturated rings. The fraction of sp³-hybridized carbons (Fsp3) is 0.500. The van der Waals surface area contributed by atoms with Crippen molar-refractivity contribution in [2.75, 3.05) is 6.54 Å². The van der Waals surface area contributed by atoms with E-state index in [-0.39, 0.29) is 0 Å². The van der Waals surface area contributed by atoms with Crippen LogP contribution in [0.1, 0.15) is 36.3 Å². The van der Waals surface area contributed by atoms with Gasteiger partial charge < -0.3 is 5.73 Å². The summed E-state index contributed by atoms with van der Waals surface area (Å²) in [4.78, 5) is 0. The predicted molar refractivity (Wildman–Crippen MR) is 55.8 cm³/mol. The largest absolute Gasteiger partial charge is 0.330 e. The van der Waals surface area contributed by atoms with Crippen LogP contribution in [0.25, 0.3) is 0 Å². The monoisotopic (exact) mass is 175 g/mol. The predicted octanol–water partition coefficient (Wildman–Crippen LogP) is 2.46.